The third-order valence-corrected chi connectivity index (χ3v) is 11.6. The number of alkyl halides is 2. The third kappa shape index (κ3) is 4.12. The number of hydrogen-bond acceptors (Lipinski definition) is 6. The number of phenolic OH excluding ortho intramolecular Hbond substituents is 1. The van der Waals surface area contributed by atoms with Crippen LogP contribution in [-0.2, 0) is 19.2 Å². The number of phenols is 1. The summed E-state index contributed by atoms with van der Waals surface area (Å²) in [5.74, 6) is -7.33. The quantitative estimate of drug-likeness (QED) is 0.147. The van der Waals surface area contributed by atoms with Crippen LogP contribution in [0.1, 0.15) is 41.6 Å². The Kier molecular flexibility index (Phi) is 7.08. The van der Waals surface area contributed by atoms with Crippen molar-refractivity contribution in [2.24, 2.45) is 17.8 Å². The Labute approximate surface area is 280 Å². The molecule has 0 radical (unpaired) electrons. The zero-order chi connectivity index (χ0) is 32.9. The maximum Gasteiger partial charge on any atom is 0.258 e. The number of carbonyl (C=O) groups is 5. The van der Waals surface area contributed by atoms with Gasteiger partial charge in [0.05, 0.1) is 23.2 Å². The average molecular weight is 726 g/mol. The van der Waals surface area contributed by atoms with Gasteiger partial charge in [-0.2, -0.15) is 0 Å². The first kappa shape index (κ1) is 30.8. The molecule has 1 saturated carbocycles. The molecule has 8 nitrogen and oxygen atoms in total. The van der Waals surface area contributed by atoms with Crippen LogP contribution < -0.4 is 9.80 Å². The van der Waals surface area contributed by atoms with Crippen molar-refractivity contribution in [3.05, 3.63) is 99.8 Å². The molecule has 4 aliphatic rings. The second-order valence-corrected chi connectivity index (χ2v) is 14.2. The Morgan fingerprint density at radius 3 is 2.17 bits per heavy atom. The molecule has 3 fully saturated rings. The third-order valence-electron chi connectivity index (χ3n) is 9.73. The van der Waals surface area contributed by atoms with Gasteiger partial charge in [-0.1, -0.05) is 27.6 Å². The second kappa shape index (κ2) is 10.6. The number of amides is 4. The molecular weight excluding hydrogens is 702 g/mol. The highest BCUT2D eigenvalue weighted by atomic mass is 79.9. The van der Waals surface area contributed by atoms with E-state index in [-0.39, 0.29) is 35.6 Å². The fourth-order valence-electron chi connectivity index (χ4n) is 7.60. The van der Waals surface area contributed by atoms with Crippen LogP contribution in [0, 0.1) is 23.6 Å². The summed E-state index contributed by atoms with van der Waals surface area (Å²) in [5.41, 5.74) is 1.50. The molecule has 0 bridgehead atoms. The van der Waals surface area contributed by atoms with Gasteiger partial charge in [0.15, 0.2) is 15.5 Å². The molecule has 4 amide bonds. The monoisotopic (exact) mass is 724 g/mol. The molecule has 3 aromatic rings. The van der Waals surface area contributed by atoms with Gasteiger partial charge in [0.2, 0.25) is 11.8 Å². The van der Waals surface area contributed by atoms with Crippen molar-refractivity contribution in [2.45, 2.75) is 35.4 Å². The van der Waals surface area contributed by atoms with Crippen molar-refractivity contribution in [3.63, 3.8) is 0 Å². The number of benzene rings is 3. The maximum absolute atomic E-state index is 14.4. The Morgan fingerprint density at radius 1 is 0.891 bits per heavy atom. The van der Waals surface area contributed by atoms with Crippen LogP contribution in [0.25, 0.3) is 0 Å². The summed E-state index contributed by atoms with van der Waals surface area (Å²) in [4.78, 5) is 66.1. The van der Waals surface area contributed by atoms with Crippen molar-refractivity contribution >= 4 is 79.9 Å². The summed E-state index contributed by atoms with van der Waals surface area (Å²) < 4.78 is 14.4. The molecular formula is C34H24BrCl2FN2O6. The fraction of sp³-hybridized carbons (Fsp3) is 0.265. The number of halogens is 4. The maximum atomic E-state index is 14.4. The van der Waals surface area contributed by atoms with Crippen LogP contribution >= 0.6 is 39.1 Å². The minimum atomic E-state index is -2.17. The van der Waals surface area contributed by atoms with Crippen LogP contribution in [-0.4, -0.2) is 44.3 Å². The van der Waals surface area contributed by atoms with Crippen LogP contribution in [0.4, 0.5) is 15.8 Å². The number of carbonyl (C=O) groups excluding carboxylic acids is 5. The lowest BCUT2D eigenvalue weighted by Crippen LogP contribution is -2.60. The Balaban J connectivity index is 1.38. The Hall–Kier alpha value is -3.86. The normalized spacial score (nSPS) is 30.2. The molecule has 1 N–H and O–H groups in total. The molecule has 7 rings (SSSR count). The van der Waals surface area contributed by atoms with E-state index in [4.69, 9.17) is 23.2 Å². The van der Waals surface area contributed by atoms with Crippen LogP contribution in [0.5, 0.6) is 5.75 Å². The zero-order valence-electron chi connectivity index (χ0n) is 24.0. The SMILES string of the molecule is CC(=O)c1ccc(N2C(=O)C3CC=C4C(CC5(Cl)C(=O)N(c6ccc(F)cc6)C(=O)C5(Cl)C4c4cc(Br)ccc4O)C3C2=O)cc1. The molecule has 46 heavy (non-hydrogen) atoms. The summed E-state index contributed by atoms with van der Waals surface area (Å²) in [7, 11) is 0. The van der Waals surface area contributed by atoms with Crippen molar-refractivity contribution in [2.75, 3.05) is 9.80 Å². The van der Waals surface area contributed by atoms with E-state index in [2.05, 4.69) is 15.9 Å². The highest BCUT2D eigenvalue weighted by Crippen LogP contribution is 2.66. The number of rotatable bonds is 4. The van der Waals surface area contributed by atoms with E-state index in [9.17, 15) is 33.5 Å². The first-order chi connectivity index (χ1) is 21.8. The fourth-order valence-corrected chi connectivity index (χ4v) is 8.91. The first-order valence-corrected chi connectivity index (χ1v) is 16.0. The van der Waals surface area contributed by atoms with E-state index >= 15 is 0 Å². The van der Waals surface area contributed by atoms with Crippen LogP contribution in [0.15, 0.2) is 82.9 Å². The second-order valence-electron chi connectivity index (χ2n) is 12.1. The largest absolute Gasteiger partial charge is 0.508 e. The number of nitrogens with zero attached hydrogens (tertiary/aromatic N) is 2. The minimum Gasteiger partial charge on any atom is -0.508 e. The molecule has 6 atom stereocenters. The summed E-state index contributed by atoms with van der Waals surface area (Å²) in [5, 5.41) is 11.1. The standard InChI is InChI=1S/C34H24BrCl2FN2O6/c1-16(41)17-2-7-20(8-3-17)39-29(43)23-12-11-22-25(27(23)30(39)44)15-33(36)31(45)40(21-9-5-19(38)6-10-21)32(46)34(33,37)28(22)24-14-18(35)4-13-26(24)42/h2-11,13-14,23,25,27-28,42H,12,15H2,1H3. The van der Waals surface area contributed by atoms with E-state index in [1.807, 2.05) is 0 Å². The molecule has 2 aliphatic heterocycles. The molecule has 234 valence electrons. The van der Waals surface area contributed by atoms with Gasteiger partial charge in [0.25, 0.3) is 11.8 Å². The zero-order valence-corrected chi connectivity index (χ0v) is 27.1. The van der Waals surface area contributed by atoms with Crippen molar-refractivity contribution < 1.29 is 33.5 Å². The number of fused-ring (bicyclic) bond motifs is 4. The predicted molar refractivity (Wildman–Crippen MR) is 171 cm³/mol. The van der Waals surface area contributed by atoms with Crippen LogP contribution in [0.3, 0.4) is 0 Å². The minimum absolute atomic E-state index is 0.0604. The molecule has 3 aromatic carbocycles. The number of Topliss-reactive ketones (excluding diaryl/α,β-unsaturated/α-hetero) is 1. The average Bonchev–Trinajstić information content (AvgIpc) is 3.37. The molecule has 2 aliphatic carbocycles. The lowest BCUT2D eigenvalue weighted by molar-refractivity contribution is -0.125. The number of hydrogen-bond donors (Lipinski definition) is 1. The molecule has 6 unspecified atom stereocenters. The number of anilines is 2. The number of ketones is 1. The molecule has 12 heteroatoms. The smallest absolute Gasteiger partial charge is 0.258 e. The summed E-state index contributed by atoms with van der Waals surface area (Å²) >= 11 is 18.1. The number of aromatic hydroxyl groups is 1. The molecule has 2 saturated heterocycles. The van der Waals surface area contributed by atoms with E-state index in [1.165, 1.54) is 37.3 Å². The van der Waals surface area contributed by atoms with Gasteiger partial charge >= 0.3 is 0 Å². The van der Waals surface area contributed by atoms with Crippen molar-refractivity contribution in [3.8, 4) is 5.75 Å². The molecule has 0 spiro atoms. The Bertz CT molecular complexity index is 1920. The summed E-state index contributed by atoms with van der Waals surface area (Å²) in [6, 6.07) is 15.5. The summed E-state index contributed by atoms with van der Waals surface area (Å²) in [6.07, 6.45) is 1.65. The number of allylic oxidation sites excluding steroid dienone is 2. The summed E-state index contributed by atoms with van der Waals surface area (Å²) in [6.45, 7) is 1.41. The molecule has 2 heterocycles. The Morgan fingerprint density at radius 2 is 1.52 bits per heavy atom. The topological polar surface area (TPSA) is 112 Å². The highest BCUT2D eigenvalue weighted by Gasteiger charge is 2.77. The van der Waals surface area contributed by atoms with E-state index in [0.717, 1.165) is 21.9 Å². The van der Waals surface area contributed by atoms with Gasteiger partial charge in [-0.15, -0.1) is 23.2 Å². The van der Waals surface area contributed by atoms with Crippen molar-refractivity contribution in [1.82, 2.24) is 0 Å². The molecule has 0 aromatic heterocycles. The highest BCUT2D eigenvalue weighted by molar-refractivity contribution is 9.10. The first-order valence-electron chi connectivity index (χ1n) is 14.5. The van der Waals surface area contributed by atoms with Crippen molar-refractivity contribution in [1.29, 1.82) is 0 Å². The van der Waals surface area contributed by atoms with E-state index < -0.39 is 62.9 Å². The van der Waals surface area contributed by atoms with Gasteiger partial charge in [-0.3, -0.25) is 28.9 Å². The predicted octanol–water partition coefficient (Wildman–Crippen LogP) is 6.26. The van der Waals surface area contributed by atoms with Gasteiger partial charge in [0.1, 0.15) is 11.6 Å². The van der Waals surface area contributed by atoms with Gasteiger partial charge in [0, 0.05) is 21.5 Å². The van der Waals surface area contributed by atoms with E-state index in [1.54, 1.807) is 30.3 Å². The van der Waals surface area contributed by atoms with E-state index in [0.29, 0.717) is 21.3 Å². The van der Waals surface area contributed by atoms with Crippen LogP contribution in [0.2, 0.25) is 0 Å². The van der Waals surface area contributed by atoms with Gasteiger partial charge in [-0.25, -0.2) is 9.29 Å². The van der Waals surface area contributed by atoms with Gasteiger partial charge < -0.3 is 5.11 Å². The van der Waals surface area contributed by atoms with Gasteiger partial charge in [-0.05, 0) is 92.4 Å². The number of imide groups is 2. The lowest BCUT2D eigenvalue weighted by Gasteiger charge is -2.50. The lowest BCUT2D eigenvalue weighted by atomic mass is 9.56.